The maximum atomic E-state index is 4.34. The predicted molar refractivity (Wildman–Crippen MR) is 187 cm³/mol. The number of nitrogens with zero attached hydrogens (tertiary/aromatic N) is 8. The van der Waals surface area contributed by atoms with Crippen LogP contribution >= 0.6 is 0 Å². The minimum atomic E-state index is 0.479. The van der Waals surface area contributed by atoms with Crippen LogP contribution in [-0.4, -0.2) is 40.8 Å². The van der Waals surface area contributed by atoms with Gasteiger partial charge in [0.1, 0.15) is 0 Å². The van der Waals surface area contributed by atoms with Crippen LogP contribution in [0.25, 0.3) is 78.9 Å². The Bertz CT molecular complexity index is 2120. The van der Waals surface area contributed by atoms with Gasteiger partial charge in [0.25, 0.3) is 0 Å². The third kappa shape index (κ3) is 5.81. The predicted octanol–water partition coefficient (Wildman–Crippen LogP) is 8.52. The largest absolute Gasteiger partial charge is 0.203 e. The smallest absolute Gasteiger partial charge is 0.126 e. The number of benzene rings is 6. The Morgan fingerprint density at radius 1 is 0.188 bits per heavy atom. The molecule has 0 aliphatic rings. The van der Waals surface area contributed by atoms with E-state index < -0.39 is 0 Å². The van der Waals surface area contributed by atoms with Gasteiger partial charge in [-0.2, -0.15) is 0 Å². The molecule has 8 nitrogen and oxygen atoms in total. The van der Waals surface area contributed by atoms with Gasteiger partial charge in [0, 0.05) is 22.3 Å². The Morgan fingerprint density at radius 3 is 0.729 bits per heavy atom. The van der Waals surface area contributed by atoms with E-state index in [4.69, 9.17) is 0 Å². The topological polar surface area (TPSA) is 103 Å². The molecule has 0 aliphatic carbocycles. The van der Waals surface area contributed by atoms with Crippen LogP contribution in [0, 0.1) is 0 Å². The summed E-state index contributed by atoms with van der Waals surface area (Å²) < 4.78 is 0. The maximum Gasteiger partial charge on any atom is 0.203 e. The van der Waals surface area contributed by atoms with Crippen molar-refractivity contribution in [1.82, 2.24) is 40.8 Å². The first-order valence-corrected chi connectivity index (χ1v) is 15.5. The van der Waals surface area contributed by atoms with Crippen LogP contribution in [0.2, 0.25) is 0 Å². The zero-order chi connectivity index (χ0) is 32.1. The van der Waals surface area contributed by atoms with Gasteiger partial charge in [0.15, 0.2) is 0 Å². The van der Waals surface area contributed by atoms with Crippen molar-refractivity contribution in [2.75, 3.05) is 0 Å². The molecule has 0 amide bonds. The zero-order valence-electron chi connectivity index (χ0n) is 25.6. The molecule has 0 radical (unpaired) electrons. The molecule has 6 aromatic carbocycles. The van der Waals surface area contributed by atoms with Gasteiger partial charge in [-0.1, -0.05) is 158 Å². The van der Waals surface area contributed by atoms with Crippen LogP contribution in [0.5, 0.6) is 0 Å². The third-order valence-electron chi connectivity index (χ3n) is 8.07. The van der Waals surface area contributed by atoms with E-state index in [0.717, 1.165) is 55.6 Å². The molecule has 2 heterocycles. The SMILES string of the molecule is c1ccc(-c2nnc(-c3ccc(-c4ccccc4-c4ccccc4-c4ccc(-c5nnc(-c6ccccc6)nn5)cc4)cc3)nn2)cc1. The minimum absolute atomic E-state index is 0.479. The highest BCUT2D eigenvalue weighted by Crippen LogP contribution is 2.38. The van der Waals surface area contributed by atoms with Crippen LogP contribution in [0.15, 0.2) is 158 Å². The lowest BCUT2D eigenvalue weighted by Gasteiger charge is -2.15. The lowest BCUT2D eigenvalue weighted by Crippen LogP contribution is -1.99. The summed E-state index contributed by atoms with van der Waals surface area (Å²) in [6, 6.07) is 52.7. The van der Waals surface area contributed by atoms with Crippen molar-refractivity contribution < 1.29 is 0 Å². The fourth-order valence-electron chi connectivity index (χ4n) is 5.63. The van der Waals surface area contributed by atoms with Gasteiger partial charge in [-0.15, -0.1) is 40.8 Å². The van der Waals surface area contributed by atoms with Crippen molar-refractivity contribution in [3.8, 4) is 78.9 Å². The van der Waals surface area contributed by atoms with Crippen molar-refractivity contribution in [3.63, 3.8) is 0 Å². The van der Waals surface area contributed by atoms with E-state index >= 15 is 0 Å². The Labute approximate surface area is 276 Å². The van der Waals surface area contributed by atoms with E-state index in [-0.39, 0.29) is 0 Å². The summed E-state index contributed by atoms with van der Waals surface area (Å²) in [6.07, 6.45) is 0. The van der Waals surface area contributed by atoms with Gasteiger partial charge in [-0.25, -0.2) is 0 Å². The lowest BCUT2D eigenvalue weighted by atomic mass is 9.89. The molecular formula is C40H26N8. The minimum Gasteiger partial charge on any atom is -0.126 e. The summed E-state index contributed by atoms with van der Waals surface area (Å²) in [4.78, 5) is 0. The molecule has 0 N–H and O–H groups in total. The molecule has 48 heavy (non-hydrogen) atoms. The van der Waals surface area contributed by atoms with Crippen molar-refractivity contribution in [2.45, 2.75) is 0 Å². The number of aromatic nitrogens is 8. The number of hydrogen-bond donors (Lipinski definition) is 0. The maximum absolute atomic E-state index is 4.34. The lowest BCUT2D eigenvalue weighted by molar-refractivity contribution is 0.876. The molecule has 0 spiro atoms. The molecule has 0 fully saturated rings. The molecule has 0 saturated heterocycles. The van der Waals surface area contributed by atoms with Gasteiger partial charge in [0.2, 0.25) is 23.3 Å². The van der Waals surface area contributed by atoms with Gasteiger partial charge in [-0.3, -0.25) is 0 Å². The van der Waals surface area contributed by atoms with Crippen LogP contribution < -0.4 is 0 Å². The first kappa shape index (κ1) is 28.7. The molecule has 0 aliphatic heterocycles. The van der Waals surface area contributed by atoms with E-state index in [0.29, 0.717) is 23.3 Å². The second kappa shape index (κ2) is 12.9. The molecule has 0 bridgehead atoms. The van der Waals surface area contributed by atoms with Crippen molar-refractivity contribution in [1.29, 1.82) is 0 Å². The van der Waals surface area contributed by atoms with E-state index in [9.17, 15) is 0 Å². The molecule has 226 valence electrons. The Kier molecular flexibility index (Phi) is 7.70. The first-order valence-electron chi connectivity index (χ1n) is 15.5. The summed E-state index contributed by atoms with van der Waals surface area (Å²) in [6.45, 7) is 0. The van der Waals surface area contributed by atoms with Crippen LogP contribution in [-0.2, 0) is 0 Å². The van der Waals surface area contributed by atoms with Crippen LogP contribution in [0.1, 0.15) is 0 Å². The zero-order valence-corrected chi connectivity index (χ0v) is 25.6. The Morgan fingerprint density at radius 2 is 0.417 bits per heavy atom. The second-order valence-corrected chi connectivity index (χ2v) is 11.1. The molecule has 8 heteroatoms. The van der Waals surface area contributed by atoms with Gasteiger partial charge in [0.05, 0.1) is 0 Å². The highest BCUT2D eigenvalue weighted by Gasteiger charge is 2.14. The molecule has 0 atom stereocenters. The van der Waals surface area contributed by atoms with Crippen LogP contribution in [0.4, 0.5) is 0 Å². The first-order chi connectivity index (χ1) is 23.8. The summed E-state index contributed by atoms with van der Waals surface area (Å²) in [5.41, 5.74) is 10.1. The fourth-order valence-corrected chi connectivity index (χ4v) is 5.63. The van der Waals surface area contributed by atoms with Gasteiger partial charge in [-0.05, 0) is 33.4 Å². The van der Waals surface area contributed by atoms with Crippen molar-refractivity contribution in [2.24, 2.45) is 0 Å². The number of hydrogen-bond acceptors (Lipinski definition) is 8. The Balaban J connectivity index is 1.06. The van der Waals surface area contributed by atoms with Crippen molar-refractivity contribution in [3.05, 3.63) is 158 Å². The van der Waals surface area contributed by atoms with E-state index in [2.05, 4.69) is 114 Å². The van der Waals surface area contributed by atoms with Crippen LogP contribution in [0.3, 0.4) is 0 Å². The highest BCUT2D eigenvalue weighted by molar-refractivity contribution is 5.92. The normalized spacial score (nSPS) is 10.9. The third-order valence-corrected chi connectivity index (χ3v) is 8.07. The summed E-state index contributed by atoms with van der Waals surface area (Å²) in [7, 11) is 0. The van der Waals surface area contributed by atoms with E-state index in [1.165, 1.54) is 0 Å². The van der Waals surface area contributed by atoms with E-state index in [1.54, 1.807) is 0 Å². The average Bonchev–Trinajstić information content (AvgIpc) is 3.19. The highest BCUT2D eigenvalue weighted by atomic mass is 15.3. The molecule has 8 aromatic rings. The summed E-state index contributed by atoms with van der Waals surface area (Å²) >= 11 is 0. The molecule has 2 aromatic heterocycles. The number of rotatable bonds is 7. The van der Waals surface area contributed by atoms with Gasteiger partial charge < -0.3 is 0 Å². The molecule has 8 rings (SSSR count). The molecule has 0 saturated carbocycles. The van der Waals surface area contributed by atoms with Gasteiger partial charge >= 0.3 is 0 Å². The summed E-state index contributed by atoms with van der Waals surface area (Å²) in [5.74, 6) is 1.95. The quantitative estimate of drug-likeness (QED) is 0.175. The van der Waals surface area contributed by atoms with E-state index in [1.807, 2.05) is 84.9 Å². The Hall–Kier alpha value is -6.80. The molecule has 0 unspecified atom stereocenters. The average molecular weight is 619 g/mol. The standard InChI is InChI=1S/C40H26N8/c1-3-11-29(12-4-1)37-41-45-39(46-42-37)31-23-19-27(20-24-31)33-15-7-9-17-35(33)36-18-10-8-16-34(36)28-21-25-32(26-22-28)40-47-43-38(44-48-40)30-13-5-2-6-14-30/h1-26H. The second-order valence-electron chi connectivity index (χ2n) is 11.1. The monoisotopic (exact) mass is 618 g/mol. The summed E-state index contributed by atoms with van der Waals surface area (Å²) in [5, 5.41) is 34.6. The van der Waals surface area contributed by atoms with Crippen molar-refractivity contribution >= 4 is 0 Å². The molecular weight excluding hydrogens is 592 g/mol. The fraction of sp³-hybridized carbons (Fsp3) is 0.